The summed E-state index contributed by atoms with van der Waals surface area (Å²) in [6, 6.07) is -0.499. The number of hydrogen-bond acceptors (Lipinski definition) is 10. The number of hydrogen-bond donors (Lipinski definition) is 0. The van der Waals surface area contributed by atoms with Crippen LogP contribution in [0.4, 0.5) is 26.3 Å². The molecule has 10 atom stereocenters. The molecule has 2 aliphatic carbocycles. The predicted molar refractivity (Wildman–Crippen MR) is 249 cm³/mol. The van der Waals surface area contributed by atoms with E-state index >= 15 is 26.3 Å². The maximum atomic E-state index is 18.7. The zero-order valence-electron chi connectivity index (χ0n) is 39.6. The second kappa shape index (κ2) is 17.6. The highest BCUT2D eigenvalue weighted by Gasteiger charge is 2.77. The summed E-state index contributed by atoms with van der Waals surface area (Å²) in [6.07, 6.45) is -8.83. The minimum absolute atomic E-state index is 0.0268. The molecule has 2 aliphatic heterocycles. The summed E-state index contributed by atoms with van der Waals surface area (Å²) in [4.78, 5) is 0. The summed E-state index contributed by atoms with van der Waals surface area (Å²) in [5.41, 5.74) is -7.33. The van der Waals surface area contributed by atoms with Crippen LogP contribution in [0, 0.1) is 0 Å². The van der Waals surface area contributed by atoms with E-state index in [-0.39, 0.29) is 19.3 Å². The van der Waals surface area contributed by atoms with Crippen LogP contribution < -0.4 is 0 Å². The lowest BCUT2D eigenvalue weighted by atomic mass is 9.96. The Morgan fingerprint density at radius 1 is 0.533 bits per heavy atom. The van der Waals surface area contributed by atoms with E-state index < -0.39 is 159 Å². The second-order valence-corrected chi connectivity index (χ2v) is 66.3. The van der Waals surface area contributed by atoms with Crippen molar-refractivity contribution in [3.8, 4) is 0 Å². The second-order valence-electron chi connectivity index (χ2n) is 23.0. The molecule has 354 valence electrons. The van der Waals surface area contributed by atoms with Crippen LogP contribution in [0.25, 0.3) is 0 Å². The van der Waals surface area contributed by atoms with Gasteiger partial charge < -0.3 is 41.2 Å². The quantitative estimate of drug-likeness (QED) is 0.156. The summed E-state index contributed by atoms with van der Waals surface area (Å²) in [5.74, 6) is 0. The monoisotopic (exact) mass is 1050 g/mol. The van der Waals surface area contributed by atoms with Gasteiger partial charge in [0.2, 0.25) is 0 Å². The van der Waals surface area contributed by atoms with Gasteiger partial charge in [0.1, 0.15) is 24.7 Å². The third-order valence-electron chi connectivity index (χ3n) is 10.4. The molecule has 1 spiro atoms. The normalized spacial score (nSPS) is 39.5. The Labute approximate surface area is 368 Å². The van der Waals surface area contributed by atoms with E-state index in [1.807, 2.05) is 78.6 Å². The Balaban J connectivity index is 2.15. The molecule has 4 rings (SSSR count). The predicted octanol–water partition coefficient (Wildman–Crippen LogP) is 11.6. The fourth-order valence-corrected chi connectivity index (χ4v) is 61.4. The summed E-state index contributed by atoms with van der Waals surface area (Å²) in [5, 5.41) is 0. The molecule has 0 radical (unpaired) electrons. The standard InChI is InChI=1S/C33H76F6O10Si11/c1-50(2,3)25-33(38,39)57(19)44-56(17,18)47-60(49-58(48-57,40-51(4,5)6)27-20-21-28(35)29(36)24-27)31-23-26(34)22-30(32(31)37)59(41-52(7,8)9,42-53(10,11)12)45-54(13,14)43-55(15,16)46-60/h26-32H,20-25H2,1-19H3. The molecule has 10 unspecified atom stereocenters. The van der Waals surface area contributed by atoms with Gasteiger partial charge in [0.05, 0.1) is 19.2 Å². The van der Waals surface area contributed by atoms with E-state index in [9.17, 15) is 0 Å². The van der Waals surface area contributed by atoms with Crippen LogP contribution in [0.15, 0.2) is 0 Å². The van der Waals surface area contributed by atoms with Gasteiger partial charge in [-0.2, -0.15) is 0 Å². The number of alkyl halides is 6. The van der Waals surface area contributed by atoms with Crippen LogP contribution in [0.3, 0.4) is 0 Å². The molecule has 4 aliphatic rings. The van der Waals surface area contributed by atoms with Gasteiger partial charge in [-0.15, -0.1) is 0 Å². The Kier molecular flexibility index (Phi) is 15.9. The van der Waals surface area contributed by atoms with E-state index in [0.29, 0.717) is 0 Å². The van der Waals surface area contributed by atoms with Crippen LogP contribution >= 0.6 is 0 Å². The first-order valence-corrected chi connectivity index (χ1v) is 51.5. The molecule has 2 bridgehead atoms. The highest BCUT2D eigenvalue weighted by atomic mass is 28.6. The average molecular weight is 1060 g/mol. The van der Waals surface area contributed by atoms with Crippen molar-refractivity contribution < 1.29 is 67.5 Å². The summed E-state index contributed by atoms with van der Waals surface area (Å²) < 4.78 is 172. The first-order valence-electron chi connectivity index (χ1n) is 21.4. The van der Waals surface area contributed by atoms with Crippen molar-refractivity contribution in [2.75, 3.05) is 0 Å². The highest BCUT2D eigenvalue weighted by molar-refractivity contribution is 6.98. The fraction of sp³-hybridized carbons (Fsp3) is 1.00. The molecule has 0 aromatic heterocycles. The van der Waals surface area contributed by atoms with Crippen molar-refractivity contribution in [3.05, 3.63) is 0 Å². The van der Waals surface area contributed by atoms with Gasteiger partial charge in [0.15, 0.2) is 25.0 Å². The largest absolute Gasteiger partial charge is 0.482 e. The summed E-state index contributed by atoms with van der Waals surface area (Å²) >= 11 is 0. The SMILES string of the molecule is C[Si](C)(C)CC(F)(F)[Si]1(C)O[Si](C)(C)O[Si]2(O[Si](C)(C)O[Si](C)(C)O[Si](O[Si](C)(C)C)(O[Si](C)(C)C)C3CC(F)CC2C3F)O[Si](O[Si](C)(C)C)(C2CCC(F)C(F)C2)O1. The Morgan fingerprint density at radius 3 is 1.47 bits per heavy atom. The number of fused-ring (bicyclic) bond motifs is 3. The maximum Gasteiger partial charge on any atom is 0.482 e. The molecule has 10 nitrogen and oxygen atoms in total. The van der Waals surface area contributed by atoms with Crippen molar-refractivity contribution in [2.24, 2.45) is 0 Å². The molecule has 2 saturated heterocycles. The third-order valence-corrected chi connectivity index (χ3v) is 50.7. The zero-order valence-corrected chi connectivity index (χ0v) is 50.6. The van der Waals surface area contributed by atoms with Gasteiger partial charge in [-0.3, -0.25) is 0 Å². The molecule has 4 fully saturated rings. The lowest BCUT2D eigenvalue weighted by molar-refractivity contribution is 0.0195. The summed E-state index contributed by atoms with van der Waals surface area (Å²) in [6.45, 7) is 34.2. The molecule has 0 aromatic rings. The van der Waals surface area contributed by atoms with Crippen molar-refractivity contribution in [1.29, 1.82) is 0 Å². The Bertz CT molecular complexity index is 1500. The smallest absolute Gasteiger partial charge is 0.417 e. The van der Waals surface area contributed by atoms with E-state index in [0.717, 1.165) is 0 Å². The summed E-state index contributed by atoms with van der Waals surface area (Å²) in [7, 11) is -41.0. The lowest BCUT2D eigenvalue weighted by Gasteiger charge is -2.58. The van der Waals surface area contributed by atoms with E-state index in [2.05, 4.69) is 0 Å². The van der Waals surface area contributed by atoms with Gasteiger partial charge in [-0.1, -0.05) is 19.6 Å². The molecule has 27 heteroatoms. The van der Waals surface area contributed by atoms with Crippen molar-refractivity contribution >= 4 is 93.7 Å². The minimum atomic E-state index is -4.99. The Hall–Kier alpha value is 1.57. The molecule has 2 saturated carbocycles. The minimum Gasteiger partial charge on any atom is -0.417 e. The molecule has 0 amide bonds. The van der Waals surface area contributed by atoms with Gasteiger partial charge in [0, 0.05) is 11.6 Å². The maximum absolute atomic E-state index is 18.7. The van der Waals surface area contributed by atoms with Crippen LogP contribution in [-0.2, 0) is 41.2 Å². The van der Waals surface area contributed by atoms with Crippen LogP contribution in [0.1, 0.15) is 32.1 Å². The van der Waals surface area contributed by atoms with E-state index in [1.54, 1.807) is 39.3 Å². The van der Waals surface area contributed by atoms with Gasteiger partial charge in [-0.05, 0) is 137 Å². The highest BCUT2D eigenvalue weighted by Crippen LogP contribution is 2.58. The lowest BCUT2D eigenvalue weighted by Crippen LogP contribution is -2.79. The molecule has 0 aromatic carbocycles. The zero-order chi connectivity index (χ0) is 46.4. The van der Waals surface area contributed by atoms with Gasteiger partial charge in [-0.25, -0.2) is 26.3 Å². The van der Waals surface area contributed by atoms with Gasteiger partial charge in [0.25, 0.3) is 5.55 Å². The third kappa shape index (κ3) is 13.4. The number of rotatable bonds is 10. The van der Waals surface area contributed by atoms with Crippen LogP contribution in [0.5, 0.6) is 0 Å². The molecular formula is C33H76F6O10Si11. The van der Waals surface area contributed by atoms with Crippen LogP contribution in [0.2, 0.25) is 147 Å². The average Bonchev–Trinajstić information content (AvgIpc) is 2.92. The number of halogens is 6. The van der Waals surface area contributed by atoms with Crippen molar-refractivity contribution in [3.63, 3.8) is 0 Å². The van der Waals surface area contributed by atoms with Crippen molar-refractivity contribution in [1.82, 2.24) is 0 Å². The molecule has 0 N–H and O–H groups in total. The molecule has 2 heterocycles. The molecular weight excluding hydrogens is 979 g/mol. The first-order chi connectivity index (χ1) is 26.5. The molecule has 60 heavy (non-hydrogen) atoms. The van der Waals surface area contributed by atoms with Gasteiger partial charge >= 0.3 is 60.7 Å². The Morgan fingerprint density at radius 2 is 1.00 bits per heavy atom. The van der Waals surface area contributed by atoms with E-state index in [1.165, 1.54) is 6.55 Å². The van der Waals surface area contributed by atoms with E-state index in [4.69, 9.17) is 41.2 Å². The topological polar surface area (TPSA) is 92.3 Å². The van der Waals surface area contributed by atoms with Crippen molar-refractivity contribution in [2.45, 2.75) is 209 Å². The van der Waals surface area contributed by atoms with Crippen LogP contribution in [-0.4, -0.2) is 124 Å². The first kappa shape index (κ1) is 54.2. The fourth-order valence-electron chi connectivity index (χ4n) is 9.06.